The van der Waals surface area contributed by atoms with Crippen LogP contribution in [0.15, 0.2) is 66.7 Å². The Balaban J connectivity index is 1.47. The van der Waals surface area contributed by atoms with E-state index in [2.05, 4.69) is 16.0 Å². The quantitative estimate of drug-likeness (QED) is 0.464. The van der Waals surface area contributed by atoms with Crippen molar-refractivity contribution >= 4 is 34.2 Å². The van der Waals surface area contributed by atoms with Gasteiger partial charge in [0.2, 0.25) is 5.91 Å². The van der Waals surface area contributed by atoms with Crippen molar-refractivity contribution in [2.24, 2.45) is 0 Å². The molecule has 0 saturated heterocycles. The van der Waals surface area contributed by atoms with Crippen LogP contribution in [0.4, 0.5) is 5.69 Å². The molecule has 0 atom stereocenters. The van der Waals surface area contributed by atoms with Crippen LogP contribution in [-0.2, 0) is 9.59 Å². The molecule has 0 radical (unpaired) electrons. The first kappa shape index (κ1) is 21.8. The van der Waals surface area contributed by atoms with Crippen molar-refractivity contribution < 1.29 is 19.1 Å². The van der Waals surface area contributed by atoms with E-state index < -0.39 is 0 Å². The average molecular weight is 419 g/mol. The van der Waals surface area contributed by atoms with Gasteiger partial charge in [0.15, 0.2) is 6.61 Å². The van der Waals surface area contributed by atoms with Crippen LogP contribution in [0.5, 0.6) is 5.75 Å². The Labute approximate surface area is 180 Å². The molecule has 0 fully saturated rings. The van der Waals surface area contributed by atoms with Crippen LogP contribution >= 0.6 is 0 Å². The minimum Gasteiger partial charge on any atom is -0.483 e. The third kappa shape index (κ3) is 6.30. The molecule has 3 amide bonds. The highest BCUT2D eigenvalue weighted by Gasteiger charge is 2.08. The van der Waals surface area contributed by atoms with Crippen LogP contribution in [-0.4, -0.2) is 37.4 Å². The number of hydrogen-bond acceptors (Lipinski definition) is 4. The first-order valence-electron chi connectivity index (χ1n) is 10.1. The molecule has 0 spiro atoms. The summed E-state index contributed by atoms with van der Waals surface area (Å²) >= 11 is 0. The van der Waals surface area contributed by atoms with Crippen molar-refractivity contribution in [1.82, 2.24) is 10.6 Å². The van der Waals surface area contributed by atoms with Crippen LogP contribution in [0.25, 0.3) is 10.8 Å². The minimum absolute atomic E-state index is 0.0567. The van der Waals surface area contributed by atoms with Crippen LogP contribution in [0, 0.1) is 0 Å². The van der Waals surface area contributed by atoms with Crippen LogP contribution in [0.3, 0.4) is 0 Å². The summed E-state index contributed by atoms with van der Waals surface area (Å²) in [6.45, 7) is 2.36. The van der Waals surface area contributed by atoms with Gasteiger partial charge in [-0.15, -0.1) is 0 Å². The molecule has 0 aliphatic rings. The summed E-state index contributed by atoms with van der Waals surface area (Å²) < 4.78 is 5.69. The second kappa shape index (κ2) is 10.8. The third-order valence-corrected chi connectivity index (χ3v) is 4.59. The maximum Gasteiger partial charge on any atom is 0.262 e. The molecular formula is C24H25N3O4. The number of fused-ring (bicyclic) bond motifs is 1. The second-order valence-electron chi connectivity index (χ2n) is 6.85. The van der Waals surface area contributed by atoms with Gasteiger partial charge in [-0.1, -0.05) is 43.3 Å². The molecule has 3 aromatic carbocycles. The molecule has 7 heteroatoms. The highest BCUT2D eigenvalue weighted by Crippen LogP contribution is 2.25. The molecule has 0 heterocycles. The zero-order valence-corrected chi connectivity index (χ0v) is 17.3. The first-order valence-corrected chi connectivity index (χ1v) is 10.1. The fraction of sp³-hybridized carbons (Fsp3) is 0.208. The summed E-state index contributed by atoms with van der Waals surface area (Å²) in [4.78, 5) is 35.5. The topological polar surface area (TPSA) is 96.5 Å². The Bertz CT molecular complexity index is 1060. The van der Waals surface area contributed by atoms with E-state index in [1.165, 1.54) is 0 Å². The van der Waals surface area contributed by atoms with E-state index in [0.29, 0.717) is 36.5 Å². The normalized spacial score (nSPS) is 10.4. The zero-order chi connectivity index (χ0) is 22.1. The SMILES string of the molecule is CCC(=O)NCCNC(=O)c1ccc(NC(=O)COc2cccc3ccccc23)cc1. The summed E-state index contributed by atoms with van der Waals surface area (Å²) in [6, 6.07) is 20.1. The third-order valence-electron chi connectivity index (χ3n) is 4.59. The van der Waals surface area contributed by atoms with E-state index in [9.17, 15) is 14.4 Å². The van der Waals surface area contributed by atoms with Gasteiger partial charge in [0, 0.05) is 36.1 Å². The fourth-order valence-corrected chi connectivity index (χ4v) is 2.97. The largest absolute Gasteiger partial charge is 0.483 e. The summed E-state index contributed by atoms with van der Waals surface area (Å²) in [6.07, 6.45) is 0.411. The van der Waals surface area contributed by atoms with Gasteiger partial charge >= 0.3 is 0 Å². The van der Waals surface area contributed by atoms with Crippen LogP contribution in [0.1, 0.15) is 23.7 Å². The summed E-state index contributed by atoms with van der Waals surface area (Å²) in [5.41, 5.74) is 1.03. The van der Waals surface area contributed by atoms with Crippen molar-refractivity contribution in [3.8, 4) is 5.75 Å². The van der Waals surface area contributed by atoms with Gasteiger partial charge < -0.3 is 20.7 Å². The van der Waals surface area contributed by atoms with Gasteiger partial charge in [0.1, 0.15) is 5.75 Å². The Hall–Kier alpha value is -3.87. The number of carbonyl (C=O) groups excluding carboxylic acids is 3. The molecule has 0 aromatic heterocycles. The molecule has 0 saturated carbocycles. The molecular weight excluding hydrogens is 394 g/mol. The monoisotopic (exact) mass is 419 g/mol. The van der Waals surface area contributed by atoms with E-state index >= 15 is 0 Å². The number of benzene rings is 3. The molecule has 3 rings (SSSR count). The maximum absolute atomic E-state index is 12.2. The predicted molar refractivity (Wildman–Crippen MR) is 120 cm³/mol. The molecule has 31 heavy (non-hydrogen) atoms. The van der Waals surface area contributed by atoms with Crippen molar-refractivity contribution in [1.29, 1.82) is 0 Å². The number of rotatable bonds is 9. The van der Waals surface area contributed by atoms with Crippen LogP contribution < -0.4 is 20.7 Å². The second-order valence-corrected chi connectivity index (χ2v) is 6.85. The van der Waals surface area contributed by atoms with E-state index in [4.69, 9.17) is 4.74 Å². The van der Waals surface area contributed by atoms with Gasteiger partial charge in [0.05, 0.1) is 0 Å². The van der Waals surface area contributed by atoms with Gasteiger partial charge in [0.25, 0.3) is 11.8 Å². The lowest BCUT2D eigenvalue weighted by atomic mass is 10.1. The number of hydrogen-bond donors (Lipinski definition) is 3. The molecule has 160 valence electrons. The smallest absolute Gasteiger partial charge is 0.262 e. The summed E-state index contributed by atoms with van der Waals surface area (Å²) in [5.74, 6) is 0.0499. The average Bonchev–Trinajstić information content (AvgIpc) is 2.80. The van der Waals surface area contributed by atoms with E-state index in [1.807, 2.05) is 42.5 Å². The standard InChI is InChI=1S/C24H25N3O4/c1-2-22(28)25-14-15-26-24(30)18-10-12-19(13-11-18)27-23(29)16-31-21-9-5-7-17-6-3-4-8-20(17)21/h3-13H,2,14-16H2,1H3,(H,25,28)(H,26,30)(H,27,29). The Morgan fingerprint density at radius 2 is 1.52 bits per heavy atom. The van der Waals surface area contributed by atoms with Gasteiger partial charge in [-0.2, -0.15) is 0 Å². The van der Waals surface area contributed by atoms with Gasteiger partial charge in [-0.3, -0.25) is 14.4 Å². The lowest BCUT2D eigenvalue weighted by Gasteiger charge is -2.10. The van der Waals surface area contributed by atoms with Crippen LogP contribution in [0.2, 0.25) is 0 Å². The van der Waals surface area contributed by atoms with Crippen molar-refractivity contribution in [2.75, 3.05) is 25.0 Å². The number of nitrogens with one attached hydrogen (secondary N) is 3. The lowest BCUT2D eigenvalue weighted by molar-refractivity contribution is -0.120. The van der Waals surface area contributed by atoms with E-state index in [1.54, 1.807) is 31.2 Å². The molecule has 0 aliphatic carbocycles. The molecule has 3 N–H and O–H groups in total. The molecule has 0 aliphatic heterocycles. The highest BCUT2D eigenvalue weighted by atomic mass is 16.5. The van der Waals surface area contributed by atoms with Crippen molar-refractivity contribution in [3.63, 3.8) is 0 Å². The lowest BCUT2D eigenvalue weighted by Crippen LogP contribution is -2.34. The Kier molecular flexibility index (Phi) is 7.59. The molecule has 0 unspecified atom stereocenters. The van der Waals surface area contributed by atoms with E-state index in [0.717, 1.165) is 10.8 Å². The van der Waals surface area contributed by atoms with E-state index in [-0.39, 0.29) is 24.3 Å². The van der Waals surface area contributed by atoms with Crippen molar-refractivity contribution in [2.45, 2.75) is 13.3 Å². The molecule has 0 bridgehead atoms. The molecule has 3 aromatic rings. The Morgan fingerprint density at radius 3 is 2.29 bits per heavy atom. The maximum atomic E-state index is 12.2. The molecule has 7 nitrogen and oxygen atoms in total. The predicted octanol–water partition coefficient (Wildman–Crippen LogP) is 3.11. The number of ether oxygens (including phenoxy) is 1. The minimum atomic E-state index is -0.295. The van der Waals surface area contributed by atoms with Crippen molar-refractivity contribution in [3.05, 3.63) is 72.3 Å². The zero-order valence-electron chi connectivity index (χ0n) is 17.3. The number of amides is 3. The van der Waals surface area contributed by atoms with Gasteiger partial charge in [-0.05, 0) is 35.7 Å². The summed E-state index contributed by atoms with van der Waals surface area (Å²) in [7, 11) is 0. The first-order chi connectivity index (χ1) is 15.1. The summed E-state index contributed by atoms with van der Waals surface area (Å²) in [5, 5.41) is 10.2. The van der Waals surface area contributed by atoms with Gasteiger partial charge in [-0.25, -0.2) is 0 Å². The fourth-order valence-electron chi connectivity index (χ4n) is 2.97. The Morgan fingerprint density at radius 1 is 0.806 bits per heavy atom. The highest BCUT2D eigenvalue weighted by molar-refractivity contribution is 5.96. The number of carbonyl (C=O) groups is 3. The number of anilines is 1.